The van der Waals surface area contributed by atoms with Gasteiger partial charge in [0.2, 0.25) is 0 Å². The molecule has 0 aliphatic carbocycles. The summed E-state index contributed by atoms with van der Waals surface area (Å²) in [6.45, 7) is 15.5. The van der Waals surface area contributed by atoms with Gasteiger partial charge in [0.1, 0.15) is 6.10 Å². The SMILES string of the molecule is C=C=C[C@H]1O[C@H](CO[Si](c2ccccc2)(c2ccccc2)C(C)(C)C)C(=O)C[C@@H]1[Si](C)(C)c1ccccc1. The lowest BCUT2D eigenvalue weighted by Gasteiger charge is -2.45. The highest BCUT2D eigenvalue weighted by molar-refractivity contribution is 6.99. The molecule has 1 saturated heterocycles. The number of hydrogen-bond acceptors (Lipinski definition) is 3. The van der Waals surface area contributed by atoms with Crippen LogP contribution in [0, 0.1) is 0 Å². The number of benzene rings is 3. The van der Waals surface area contributed by atoms with Gasteiger partial charge in [-0.1, -0.05) is 137 Å². The van der Waals surface area contributed by atoms with Crippen molar-refractivity contribution in [2.24, 2.45) is 0 Å². The fourth-order valence-corrected chi connectivity index (χ4v) is 13.7. The number of carbonyl (C=O) groups is 1. The minimum absolute atomic E-state index is 0.107. The smallest absolute Gasteiger partial charge is 0.261 e. The van der Waals surface area contributed by atoms with Gasteiger partial charge in [0.15, 0.2) is 5.78 Å². The molecule has 0 amide bonds. The number of ketones is 1. The molecule has 198 valence electrons. The molecule has 0 aromatic heterocycles. The molecule has 0 saturated carbocycles. The van der Waals surface area contributed by atoms with Crippen molar-refractivity contribution in [3.05, 3.63) is 109 Å². The Morgan fingerprint density at radius 3 is 1.82 bits per heavy atom. The van der Waals surface area contributed by atoms with Crippen LogP contribution in [0.25, 0.3) is 0 Å². The van der Waals surface area contributed by atoms with E-state index < -0.39 is 22.5 Å². The molecule has 0 bridgehead atoms. The van der Waals surface area contributed by atoms with Gasteiger partial charge in [0.25, 0.3) is 8.32 Å². The Morgan fingerprint density at radius 2 is 1.37 bits per heavy atom. The summed E-state index contributed by atoms with van der Waals surface area (Å²) in [5.41, 5.74) is 3.06. The van der Waals surface area contributed by atoms with E-state index in [9.17, 15) is 4.79 Å². The highest BCUT2D eigenvalue weighted by atomic mass is 28.4. The summed E-state index contributed by atoms with van der Waals surface area (Å²) in [5, 5.41) is 3.55. The molecule has 1 fully saturated rings. The average Bonchev–Trinajstić information content (AvgIpc) is 2.91. The first kappa shape index (κ1) is 28.2. The number of ether oxygens (including phenoxy) is 1. The van der Waals surface area contributed by atoms with Crippen molar-refractivity contribution in [3.8, 4) is 0 Å². The third kappa shape index (κ3) is 5.49. The van der Waals surface area contributed by atoms with Crippen molar-refractivity contribution in [1.82, 2.24) is 0 Å². The number of rotatable bonds is 8. The molecule has 4 rings (SSSR count). The first-order chi connectivity index (χ1) is 18.1. The monoisotopic (exact) mass is 540 g/mol. The maximum Gasteiger partial charge on any atom is 0.261 e. The van der Waals surface area contributed by atoms with Crippen LogP contribution in [0.3, 0.4) is 0 Å². The average molecular weight is 541 g/mol. The topological polar surface area (TPSA) is 35.5 Å². The van der Waals surface area contributed by atoms with Gasteiger partial charge in [-0.3, -0.25) is 4.79 Å². The summed E-state index contributed by atoms with van der Waals surface area (Å²) < 4.78 is 13.6. The molecule has 0 N–H and O–H groups in total. The third-order valence-corrected chi connectivity index (χ3v) is 17.3. The van der Waals surface area contributed by atoms with Crippen LogP contribution >= 0.6 is 0 Å². The van der Waals surface area contributed by atoms with Crippen molar-refractivity contribution in [1.29, 1.82) is 0 Å². The largest absolute Gasteiger partial charge is 0.404 e. The fraction of sp³-hybridized carbons (Fsp3) is 0.333. The summed E-state index contributed by atoms with van der Waals surface area (Å²) in [4.78, 5) is 13.7. The summed E-state index contributed by atoms with van der Waals surface area (Å²) in [5.74, 6) is 0.123. The number of Topliss-reactive ketones (excluding diaryl/α,β-unsaturated/α-hetero) is 1. The highest BCUT2D eigenvalue weighted by Crippen LogP contribution is 2.39. The van der Waals surface area contributed by atoms with E-state index in [4.69, 9.17) is 9.16 Å². The Balaban J connectivity index is 1.66. The molecule has 0 unspecified atom stereocenters. The van der Waals surface area contributed by atoms with E-state index in [-0.39, 0.29) is 29.1 Å². The Morgan fingerprint density at radius 1 is 0.895 bits per heavy atom. The van der Waals surface area contributed by atoms with E-state index in [1.807, 2.05) is 24.3 Å². The Kier molecular flexibility index (Phi) is 8.56. The predicted molar refractivity (Wildman–Crippen MR) is 163 cm³/mol. The van der Waals surface area contributed by atoms with Crippen LogP contribution in [0.1, 0.15) is 27.2 Å². The van der Waals surface area contributed by atoms with Crippen molar-refractivity contribution < 1.29 is 14.0 Å². The van der Waals surface area contributed by atoms with Gasteiger partial charge >= 0.3 is 0 Å². The zero-order chi connectivity index (χ0) is 27.4. The van der Waals surface area contributed by atoms with Crippen molar-refractivity contribution in [2.75, 3.05) is 6.61 Å². The highest BCUT2D eigenvalue weighted by Gasteiger charge is 2.52. The molecule has 38 heavy (non-hydrogen) atoms. The summed E-state index contributed by atoms with van der Waals surface area (Å²) >= 11 is 0. The molecule has 3 aromatic rings. The first-order valence-corrected chi connectivity index (χ1v) is 18.4. The lowest BCUT2D eigenvalue weighted by Crippen LogP contribution is -2.67. The van der Waals surface area contributed by atoms with Crippen LogP contribution in [0.2, 0.25) is 23.7 Å². The minimum Gasteiger partial charge on any atom is -0.404 e. The third-order valence-electron chi connectivity index (χ3n) is 8.09. The molecule has 3 aromatic carbocycles. The first-order valence-electron chi connectivity index (χ1n) is 13.5. The maximum atomic E-state index is 13.7. The van der Waals surface area contributed by atoms with Crippen molar-refractivity contribution in [2.45, 2.75) is 63.1 Å². The molecule has 3 nitrogen and oxygen atoms in total. The Hall–Kier alpha value is -2.80. The second-order valence-corrected chi connectivity index (χ2v) is 20.9. The maximum absolute atomic E-state index is 13.7. The van der Waals surface area contributed by atoms with Gasteiger partial charge < -0.3 is 9.16 Å². The second kappa shape index (κ2) is 11.5. The Labute approximate surface area is 230 Å². The van der Waals surface area contributed by atoms with Crippen LogP contribution in [-0.2, 0) is 14.0 Å². The van der Waals surface area contributed by atoms with E-state index >= 15 is 0 Å². The van der Waals surface area contributed by atoms with Gasteiger partial charge in [-0.2, -0.15) is 0 Å². The minimum atomic E-state index is -2.77. The molecule has 1 aliphatic heterocycles. The Bertz CT molecular complexity index is 1220. The zero-order valence-electron chi connectivity index (χ0n) is 23.3. The van der Waals surface area contributed by atoms with Crippen LogP contribution < -0.4 is 15.6 Å². The van der Waals surface area contributed by atoms with Crippen LogP contribution in [0.5, 0.6) is 0 Å². The molecule has 1 aliphatic rings. The molecule has 1 heterocycles. The lowest BCUT2D eigenvalue weighted by atomic mass is 10.0. The van der Waals surface area contributed by atoms with Gasteiger partial charge in [0.05, 0.1) is 20.8 Å². The summed E-state index contributed by atoms with van der Waals surface area (Å²) in [7, 11) is -4.79. The quantitative estimate of drug-likeness (QED) is 0.275. The van der Waals surface area contributed by atoms with E-state index in [2.05, 4.69) is 119 Å². The molecular formula is C33H40O3Si2. The van der Waals surface area contributed by atoms with Crippen LogP contribution in [-0.4, -0.2) is 41.0 Å². The van der Waals surface area contributed by atoms with Crippen molar-refractivity contribution in [3.63, 3.8) is 0 Å². The standard InChI is InChI=1S/C33H40O3Si2/c1-7-17-30-32(37(5,6)26-18-11-8-12-19-26)24-29(34)31(36-30)25-35-38(33(2,3)4,27-20-13-9-14-21-27)28-22-15-10-16-23-28/h8-23,30-32H,1,24-25H2,2-6H3/t30-,31-,32+/m1/s1. The van der Waals surface area contributed by atoms with Gasteiger partial charge in [0, 0.05) is 6.42 Å². The second-order valence-electron chi connectivity index (χ2n) is 11.8. The normalized spacial score (nSPS) is 20.6. The zero-order valence-corrected chi connectivity index (χ0v) is 25.3. The lowest BCUT2D eigenvalue weighted by molar-refractivity contribution is -0.142. The predicted octanol–water partition coefficient (Wildman–Crippen LogP) is 5.62. The summed E-state index contributed by atoms with van der Waals surface area (Å²) in [6, 6.07) is 31.6. The molecule has 0 spiro atoms. The van der Waals surface area contributed by atoms with E-state index in [0.717, 1.165) is 0 Å². The fourth-order valence-electron chi connectivity index (χ4n) is 5.94. The number of hydrogen-bond donors (Lipinski definition) is 0. The summed E-state index contributed by atoms with van der Waals surface area (Å²) in [6.07, 6.45) is 1.54. The van der Waals surface area contributed by atoms with Crippen molar-refractivity contribution >= 4 is 37.7 Å². The van der Waals surface area contributed by atoms with E-state index in [0.29, 0.717) is 6.42 Å². The molecule has 5 heteroatoms. The van der Waals surface area contributed by atoms with E-state index in [1.54, 1.807) is 0 Å². The van der Waals surface area contributed by atoms with Crippen LogP contribution in [0.4, 0.5) is 0 Å². The van der Waals surface area contributed by atoms with Gasteiger partial charge in [-0.15, -0.1) is 5.73 Å². The number of carbonyl (C=O) groups excluding carboxylic acids is 1. The van der Waals surface area contributed by atoms with Gasteiger partial charge in [-0.05, 0) is 27.0 Å². The van der Waals surface area contributed by atoms with Gasteiger partial charge in [-0.25, -0.2) is 0 Å². The molecule has 3 atom stereocenters. The van der Waals surface area contributed by atoms with Crippen LogP contribution in [0.15, 0.2) is 109 Å². The van der Waals surface area contributed by atoms with E-state index in [1.165, 1.54) is 15.6 Å². The molecular weight excluding hydrogens is 501 g/mol. The molecule has 0 radical (unpaired) electrons.